The smallest absolute Gasteiger partial charge is 0.320 e. The molecule has 0 heterocycles. The topological polar surface area (TPSA) is 64.3 Å². The summed E-state index contributed by atoms with van der Waals surface area (Å²) in [6, 6.07) is 7.09. The van der Waals surface area contributed by atoms with E-state index < -0.39 is 12.0 Å². The van der Waals surface area contributed by atoms with Gasteiger partial charge in [0.15, 0.2) is 0 Å². The van der Waals surface area contributed by atoms with Crippen molar-refractivity contribution >= 4 is 5.97 Å². The zero-order chi connectivity index (χ0) is 13.7. The van der Waals surface area contributed by atoms with Crippen molar-refractivity contribution in [2.45, 2.75) is 32.9 Å². The van der Waals surface area contributed by atoms with Crippen LogP contribution in [0.25, 0.3) is 0 Å². The second-order valence-corrected chi connectivity index (χ2v) is 4.43. The molecule has 0 aliphatic carbocycles. The van der Waals surface area contributed by atoms with Gasteiger partial charge in [-0.3, -0.25) is 9.69 Å². The van der Waals surface area contributed by atoms with Crippen molar-refractivity contribution in [3.05, 3.63) is 34.9 Å². The maximum Gasteiger partial charge on any atom is 0.320 e. The fraction of sp³-hybridized carbons (Fsp3) is 0.429. The molecule has 0 fully saturated rings. The molecular weight excluding hydrogens is 228 g/mol. The van der Waals surface area contributed by atoms with Crippen LogP contribution in [0.2, 0.25) is 0 Å². The van der Waals surface area contributed by atoms with E-state index >= 15 is 0 Å². The van der Waals surface area contributed by atoms with Crippen LogP contribution in [0.1, 0.15) is 30.0 Å². The van der Waals surface area contributed by atoms with Crippen LogP contribution in [0.5, 0.6) is 0 Å². The maximum absolute atomic E-state index is 11.1. The van der Waals surface area contributed by atoms with Crippen LogP contribution in [0, 0.1) is 18.3 Å². The monoisotopic (exact) mass is 246 g/mol. The molecule has 0 aliphatic rings. The van der Waals surface area contributed by atoms with Crippen LogP contribution < -0.4 is 0 Å². The number of carbonyl (C=O) groups is 1. The first-order chi connectivity index (χ1) is 8.49. The molecule has 0 aliphatic heterocycles. The van der Waals surface area contributed by atoms with Crippen molar-refractivity contribution in [1.82, 2.24) is 4.90 Å². The Morgan fingerprint density at radius 3 is 2.67 bits per heavy atom. The lowest BCUT2D eigenvalue weighted by atomic mass is 10.0. The van der Waals surface area contributed by atoms with Gasteiger partial charge in [-0.25, -0.2) is 0 Å². The Balaban J connectivity index is 2.85. The van der Waals surface area contributed by atoms with Crippen molar-refractivity contribution in [1.29, 1.82) is 5.26 Å². The highest BCUT2D eigenvalue weighted by atomic mass is 16.4. The van der Waals surface area contributed by atoms with E-state index in [9.17, 15) is 4.79 Å². The fourth-order valence-corrected chi connectivity index (χ4v) is 2.00. The number of likely N-dealkylation sites (N-methyl/N-ethyl adjacent to an activating group) is 1. The summed E-state index contributed by atoms with van der Waals surface area (Å²) in [6.07, 6.45) is 0.571. The lowest BCUT2D eigenvalue weighted by Crippen LogP contribution is -2.37. The van der Waals surface area contributed by atoms with Gasteiger partial charge in [0.25, 0.3) is 0 Å². The zero-order valence-corrected chi connectivity index (χ0v) is 11.0. The lowest BCUT2D eigenvalue weighted by Gasteiger charge is -2.24. The molecule has 96 valence electrons. The Hall–Kier alpha value is -1.86. The minimum atomic E-state index is -0.800. The van der Waals surface area contributed by atoms with Crippen molar-refractivity contribution in [2.24, 2.45) is 0 Å². The minimum Gasteiger partial charge on any atom is -0.480 e. The first-order valence-corrected chi connectivity index (χ1v) is 5.92. The van der Waals surface area contributed by atoms with Gasteiger partial charge in [0, 0.05) is 6.54 Å². The van der Waals surface area contributed by atoms with Crippen molar-refractivity contribution in [3.8, 4) is 6.07 Å². The highest BCUT2D eigenvalue weighted by Gasteiger charge is 2.20. The fourth-order valence-electron chi connectivity index (χ4n) is 2.00. The summed E-state index contributed by atoms with van der Waals surface area (Å²) in [7, 11) is 1.81. The third-order valence-electron chi connectivity index (χ3n) is 3.10. The molecule has 4 nitrogen and oxygen atoms in total. The van der Waals surface area contributed by atoms with Crippen LogP contribution in [0.4, 0.5) is 0 Å². The Bertz CT molecular complexity index is 477. The Morgan fingerprint density at radius 1 is 1.56 bits per heavy atom. The first kappa shape index (κ1) is 14.2. The largest absolute Gasteiger partial charge is 0.480 e. The molecule has 1 atom stereocenters. The number of aliphatic carboxylic acids is 1. The van der Waals surface area contributed by atoms with Gasteiger partial charge in [0.05, 0.1) is 11.6 Å². The number of nitriles is 1. The highest BCUT2D eigenvalue weighted by molar-refractivity contribution is 5.73. The summed E-state index contributed by atoms with van der Waals surface area (Å²) in [5, 5.41) is 17.9. The van der Waals surface area contributed by atoms with Gasteiger partial charge < -0.3 is 5.11 Å². The molecule has 1 N–H and O–H groups in total. The average molecular weight is 246 g/mol. The summed E-state index contributed by atoms with van der Waals surface area (Å²) >= 11 is 0. The third-order valence-corrected chi connectivity index (χ3v) is 3.10. The molecule has 1 rings (SSSR count). The lowest BCUT2D eigenvalue weighted by molar-refractivity contribution is -0.143. The SMILES string of the molecule is CCC(C(=O)O)N(C)Cc1ccc(C#N)cc1C. The Labute approximate surface area is 107 Å². The molecule has 1 unspecified atom stereocenters. The van der Waals surface area contributed by atoms with E-state index in [1.807, 2.05) is 30.9 Å². The molecule has 0 radical (unpaired) electrons. The van der Waals surface area contributed by atoms with Gasteiger partial charge in [0.2, 0.25) is 0 Å². The molecule has 0 amide bonds. The molecule has 0 spiro atoms. The molecule has 1 aromatic rings. The van der Waals surface area contributed by atoms with E-state index in [2.05, 4.69) is 6.07 Å². The van der Waals surface area contributed by atoms with E-state index in [-0.39, 0.29) is 0 Å². The van der Waals surface area contributed by atoms with E-state index in [0.717, 1.165) is 11.1 Å². The Kier molecular flexibility index (Phi) is 4.87. The normalized spacial score (nSPS) is 12.2. The predicted molar refractivity (Wildman–Crippen MR) is 69.1 cm³/mol. The molecule has 0 saturated heterocycles. The molecule has 18 heavy (non-hydrogen) atoms. The molecule has 0 bridgehead atoms. The molecule has 1 aromatic carbocycles. The van der Waals surface area contributed by atoms with Crippen molar-refractivity contribution in [3.63, 3.8) is 0 Å². The molecule has 0 aromatic heterocycles. The standard InChI is InChI=1S/C14H18N2O2/c1-4-13(14(17)18)16(3)9-12-6-5-11(8-15)7-10(12)2/h5-7,13H,4,9H2,1-3H3,(H,17,18). The second-order valence-electron chi connectivity index (χ2n) is 4.43. The Morgan fingerprint density at radius 2 is 2.22 bits per heavy atom. The maximum atomic E-state index is 11.1. The number of rotatable bonds is 5. The molecule has 0 saturated carbocycles. The van der Waals surface area contributed by atoms with Gasteiger partial charge in [-0.05, 0) is 43.7 Å². The number of aryl methyl sites for hydroxylation is 1. The van der Waals surface area contributed by atoms with Gasteiger partial charge in [0.1, 0.15) is 6.04 Å². The van der Waals surface area contributed by atoms with Crippen molar-refractivity contribution in [2.75, 3.05) is 7.05 Å². The summed E-state index contributed by atoms with van der Waals surface area (Å²) in [5.74, 6) is -0.800. The second kappa shape index (κ2) is 6.18. The summed E-state index contributed by atoms with van der Waals surface area (Å²) in [5.41, 5.74) is 2.70. The van der Waals surface area contributed by atoms with Gasteiger partial charge in [-0.15, -0.1) is 0 Å². The number of hydrogen-bond donors (Lipinski definition) is 1. The zero-order valence-electron chi connectivity index (χ0n) is 11.0. The van der Waals surface area contributed by atoms with Crippen LogP contribution in [-0.4, -0.2) is 29.1 Å². The average Bonchev–Trinajstić information content (AvgIpc) is 2.32. The van der Waals surface area contributed by atoms with Crippen molar-refractivity contribution < 1.29 is 9.90 Å². The third kappa shape index (κ3) is 3.31. The molecule has 4 heteroatoms. The minimum absolute atomic E-state index is 0.472. The number of hydrogen-bond acceptors (Lipinski definition) is 3. The van der Waals surface area contributed by atoms with Crippen LogP contribution in [-0.2, 0) is 11.3 Å². The number of benzene rings is 1. The highest BCUT2D eigenvalue weighted by Crippen LogP contribution is 2.14. The van der Waals surface area contributed by atoms with E-state index in [0.29, 0.717) is 18.5 Å². The number of nitrogens with zero attached hydrogens (tertiary/aromatic N) is 2. The quantitative estimate of drug-likeness (QED) is 0.864. The van der Waals surface area contributed by atoms with Gasteiger partial charge in [-0.2, -0.15) is 5.26 Å². The van der Waals surface area contributed by atoms with Crippen LogP contribution in [0.15, 0.2) is 18.2 Å². The predicted octanol–water partition coefficient (Wildman–Crippen LogP) is 2.16. The summed E-state index contributed by atoms with van der Waals surface area (Å²) in [4.78, 5) is 12.9. The van der Waals surface area contributed by atoms with Crippen LogP contribution in [0.3, 0.4) is 0 Å². The number of carboxylic acids is 1. The van der Waals surface area contributed by atoms with E-state index in [1.165, 1.54) is 0 Å². The first-order valence-electron chi connectivity index (χ1n) is 5.92. The number of carboxylic acid groups (broad SMARTS) is 1. The van der Waals surface area contributed by atoms with E-state index in [4.69, 9.17) is 10.4 Å². The molecular formula is C14H18N2O2. The summed E-state index contributed by atoms with van der Waals surface area (Å²) < 4.78 is 0. The summed E-state index contributed by atoms with van der Waals surface area (Å²) in [6.45, 7) is 4.37. The van der Waals surface area contributed by atoms with E-state index in [1.54, 1.807) is 13.1 Å². The van der Waals surface area contributed by atoms with Crippen LogP contribution >= 0.6 is 0 Å². The van der Waals surface area contributed by atoms with Gasteiger partial charge >= 0.3 is 5.97 Å². The van der Waals surface area contributed by atoms with Gasteiger partial charge in [-0.1, -0.05) is 13.0 Å².